The van der Waals surface area contributed by atoms with Crippen molar-refractivity contribution >= 4 is 23.5 Å². The molecular weight excluding hydrogens is 398 g/mol. The van der Waals surface area contributed by atoms with Crippen LogP contribution < -0.4 is 15.9 Å². The predicted molar refractivity (Wildman–Crippen MR) is 87.5 cm³/mol. The average molecular weight is 416 g/mol. The molecule has 4 N–H and O–H groups in total. The second-order valence-corrected chi connectivity index (χ2v) is 5.93. The maximum atomic E-state index is 13.2. The molecule has 0 atom stereocenters. The minimum atomic E-state index is -5.08. The molecule has 1 saturated heterocycles. The number of aliphatic carboxylic acids is 1. The normalized spacial score (nSPS) is 15.5. The molecule has 27 heavy (non-hydrogen) atoms. The summed E-state index contributed by atoms with van der Waals surface area (Å²) in [5.41, 5.74) is 8.51. The molecule has 7 nitrogen and oxygen atoms in total. The zero-order valence-corrected chi connectivity index (χ0v) is 14.7. The lowest BCUT2D eigenvalue weighted by Gasteiger charge is -2.30. The number of benzene rings is 1. The standard InChI is InChI=1S/C13H17ClFN3O2.C2HF3O2/c14-11-2-1-10(7-12(11)15)20-8-13(19)17-18-5-3-9(16)4-6-18;3-2(4,5)1(6)7/h1-2,7,9H,3-6,8,16H2,(H,17,19);(H,6,7). The summed E-state index contributed by atoms with van der Waals surface area (Å²) in [6.07, 6.45) is -3.38. The summed E-state index contributed by atoms with van der Waals surface area (Å²) in [6, 6.07) is 4.25. The molecule has 0 bridgehead atoms. The van der Waals surface area contributed by atoms with Crippen LogP contribution in [0.2, 0.25) is 5.02 Å². The molecule has 1 aliphatic rings. The Morgan fingerprint density at radius 2 is 1.89 bits per heavy atom. The molecule has 0 aromatic heterocycles. The minimum absolute atomic E-state index is 0.0199. The van der Waals surface area contributed by atoms with Gasteiger partial charge in [0.2, 0.25) is 0 Å². The maximum absolute atomic E-state index is 13.2. The topological polar surface area (TPSA) is 105 Å². The summed E-state index contributed by atoms with van der Waals surface area (Å²) >= 11 is 5.56. The van der Waals surface area contributed by atoms with E-state index in [1.165, 1.54) is 12.1 Å². The first-order valence-electron chi connectivity index (χ1n) is 7.67. The Morgan fingerprint density at radius 3 is 2.37 bits per heavy atom. The van der Waals surface area contributed by atoms with Crippen molar-refractivity contribution in [3.8, 4) is 5.75 Å². The van der Waals surface area contributed by atoms with Crippen LogP contribution in [-0.4, -0.2) is 53.9 Å². The highest BCUT2D eigenvalue weighted by molar-refractivity contribution is 6.30. The fourth-order valence-corrected chi connectivity index (χ4v) is 2.05. The molecule has 0 saturated carbocycles. The third-order valence-corrected chi connectivity index (χ3v) is 3.63. The summed E-state index contributed by atoms with van der Waals surface area (Å²) in [5.74, 6) is -3.35. The van der Waals surface area contributed by atoms with Gasteiger partial charge in [0.25, 0.3) is 5.91 Å². The largest absolute Gasteiger partial charge is 0.490 e. The lowest BCUT2D eigenvalue weighted by atomic mass is 10.1. The van der Waals surface area contributed by atoms with E-state index in [0.717, 1.165) is 32.0 Å². The van der Waals surface area contributed by atoms with Gasteiger partial charge in [-0.25, -0.2) is 14.2 Å². The number of carboxylic acid groups (broad SMARTS) is 1. The number of nitrogens with one attached hydrogen (secondary N) is 1. The van der Waals surface area contributed by atoms with Gasteiger partial charge >= 0.3 is 12.1 Å². The Kier molecular flexibility index (Phi) is 8.73. The number of halogens is 5. The molecule has 1 aliphatic heterocycles. The van der Waals surface area contributed by atoms with Crippen LogP contribution in [0.4, 0.5) is 17.6 Å². The highest BCUT2D eigenvalue weighted by Gasteiger charge is 2.38. The van der Waals surface area contributed by atoms with Gasteiger partial charge in [-0.1, -0.05) is 11.6 Å². The number of ether oxygens (including phenoxy) is 1. The number of hydrogen-bond acceptors (Lipinski definition) is 5. The maximum Gasteiger partial charge on any atom is 0.490 e. The number of alkyl halides is 3. The van der Waals surface area contributed by atoms with E-state index in [2.05, 4.69) is 5.43 Å². The van der Waals surface area contributed by atoms with E-state index < -0.39 is 18.0 Å². The number of nitrogens with zero attached hydrogens (tertiary/aromatic N) is 1. The van der Waals surface area contributed by atoms with E-state index in [1.54, 1.807) is 0 Å². The van der Waals surface area contributed by atoms with E-state index in [4.69, 9.17) is 32.0 Å². The molecule has 0 aliphatic carbocycles. The zero-order valence-electron chi connectivity index (χ0n) is 13.9. The summed E-state index contributed by atoms with van der Waals surface area (Å²) in [5, 5.41) is 8.96. The van der Waals surface area contributed by atoms with Gasteiger partial charge in [-0.3, -0.25) is 10.2 Å². The number of carboxylic acids is 1. The lowest BCUT2D eigenvalue weighted by molar-refractivity contribution is -0.192. The van der Waals surface area contributed by atoms with Crippen LogP contribution >= 0.6 is 11.6 Å². The van der Waals surface area contributed by atoms with Gasteiger partial charge in [-0.15, -0.1) is 0 Å². The average Bonchev–Trinajstić information content (AvgIpc) is 2.58. The van der Waals surface area contributed by atoms with Gasteiger partial charge in [-0.2, -0.15) is 13.2 Å². The van der Waals surface area contributed by atoms with Gasteiger partial charge < -0.3 is 15.6 Å². The summed E-state index contributed by atoms with van der Waals surface area (Å²) in [4.78, 5) is 20.6. The van der Waals surface area contributed by atoms with Crippen molar-refractivity contribution in [3.05, 3.63) is 29.0 Å². The van der Waals surface area contributed by atoms with Crippen molar-refractivity contribution < 1.29 is 37.0 Å². The van der Waals surface area contributed by atoms with Crippen molar-refractivity contribution in [3.63, 3.8) is 0 Å². The predicted octanol–water partition coefficient (Wildman–Crippen LogP) is 1.95. The first kappa shape index (κ1) is 22.9. The van der Waals surface area contributed by atoms with Crippen LogP contribution in [0.5, 0.6) is 5.75 Å². The first-order chi connectivity index (χ1) is 12.5. The fourth-order valence-electron chi connectivity index (χ4n) is 1.94. The molecule has 1 aromatic rings. The Hall–Kier alpha value is -2.11. The number of carbonyl (C=O) groups is 2. The summed E-state index contributed by atoms with van der Waals surface area (Å²) in [6.45, 7) is 1.27. The van der Waals surface area contributed by atoms with Crippen LogP contribution in [0.1, 0.15) is 12.8 Å². The van der Waals surface area contributed by atoms with Crippen molar-refractivity contribution in [1.29, 1.82) is 0 Å². The molecule has 0 spiro atoms. The van der Waals surface area contributed by atoms with Gasteiger partial charge in [-0.05, 0) is 25.0 Å². The monoisotopic (exact) mass is 415 g/mol. The Bertz CT molecular complexity index is 652. The molecule has 0 unspecified atom stereocenters. The van der Waals surface area contributed by atoms with Crippen molar-refractivity contribution in [1.82, 2.24) is 10.4 Å². The van der Waals surface area contributed by atoms with Gasteiger partial charge in [0, 0.05) is 25.2 Å². The Labute approximate surface area is 157 Å². The van der Waals surface area contributed by atoms with E-state index >= 15 is 0 Å². The number of carbonyl (C=O) groups excluding carboxylic acids is 1. The second-order valence-electron chi connectivity index (χ2n) is 5.53. The Morgan fingerprint density at radius 1 is 1.33 bits per heavy atom. The molecule has 1 amide bonds. The third-order valence-electron chi connectivity index (χ3n) is 3.33. The summed E-state index contributed by atoms with van der Waals surface area (Å²) in [7, 11) is 0. The molecule has 2 rings (SSSR count). The number of hydrazine groups is 1. The highest BCUT2D eigenvalue weighted by atomic mass is 35.5. The lowest BCUT2D eigenvalue weighted by Crippen LogP contribution is -2.50. The van der Waals surface area contributed by atoms with Crippen molar-refractivity contribution in [2.75, 3.05) is 19.7 Å². The molecule has 1 fully saturated rings. The first-order valence-corrected chi connectivity index (χ1v) is 8.05. The second kappa shape index (κ2) is 10.3. The van der Waals surface area contributed by atoms with Crippen LogP contribution in [0.25, 0.3) is 0 Å². The van der Waals surface area contributed by atoms with Crippen molar-refractivity contribution in [2.24, 2.45) is 5.73 Å². The number of nitrogens with two attached hydrogens (primary N) is 1. The summed E-state index contributed by atoms with van der Waals surface area (Å²) < 4.78 is 50.1. The van der Waals surface area contributed by atoms with Crippen LogP contribution in [0.3, 0.4) is 0 Å². The smallest absolute Gasteiger partial charge is 0.484 e. The highest BCUT2D eigenvalue weighted by Crippen LogP contribution is 2.20. The molecule has 152 valence electrons. The third kappa shape index (κ3) is 8.89. The SMILES string of the molecule is NC1CCN(NC(=O)COc2ccc(Cl)c(F)c2)CC1.O=C(O)C(F)(F)F. The van der Waals surface area contributed by atoms with Gasteiger partial charge in [0.1, 0.15) is 11.6 Å². The number of piperidine rings is 1. The van der Waals surface area contributed by atoms with Crippen molar-refractivity contribution in [2.45, 2.75) is 25.1 Å². The quantitative estimate of drug-likeness (QED) is 0.649. The molecule has 0 radical (unpaired) electrons. The number of amides is 1. The van der Waals surface area contributed by atoms with Crippen LogP contribution in [0, 0.1) is 5.82 Å². The number of hydrogen-bond donors (Lipinski definition) is 3. The molecule has 12 heteroatoms. The van der Waals surface area contributed by atoms with E-state index in [-0.39, 0.29) is 29.3 Å². The zero-order chi connectivity index (χ0) is 20.6. The minimum Gasteiger partial charge on any atom is -0.484 e. The molecule has 1 heterocycles. The number of rotatable bonds is 4. The Balaban J connectivity index is 0.000000445. The molecule has 1 aromatic carbocycles. The van der Waals surface area contributed by atoms with Gasteiger partial charge in [0.15, 0.2) is 6.61 Å². The van der Waals surface area contributed by atoms with Gasteiger partial charge in [0.05, 0.1) is 5.02 Å². The fraction of sp³-hybridized carbons (Fsp3) is 0.467. The van der Waals surface area contributed by atoms with E-state index in [0.29, 0.717) is 0 Å². The van der Waals surface area contributed by atoms with Crippen LogP contribution in [0.15, 0.2) is 18.2 Å². The molecular formula is C15H18ClF4N3O4. The van der Waals surface area contributed by atoms with E-state index in [1.807, 2.05) is 5.01 Å². The van der Waals surface area contributed by atoms with Crippen LogP contribution in [-0.2, 0) is 9.59 Å². The van der Waals surface area contributed by atoms with E-state index in [9.17, 15) is 22.4 Å².